The van der Waals surface area contributed by atoms with Crippen LogP contribution in [0.25, 0.3) is 0 Å². The average Bonchev–Trinajstić information content (AvgIpc) is 2.98. The summed E-state index contributed by atoms with van der Waals surface area (Å²) in [5.41, 5.74) is 0. The summed E-state index contributed by atoms with van der Waals surface area (Å²) >= 11 is 0. The summed E-state index contributed by atoms with van der Waals surface area (Å²) in [6, 6.07) is 1.92. The van der Waals surface area contributed by atoms with Gasteiger partial charge in [-0.25, -0.2) is 0 Å². The van der Waals surface area contributed by atoms with Crippen LogP contribution in [-0.2, 0) is 11.3 Å². The zero-order valence-corrected chi connectivity index (χ0v) is 15.8. The van der Waals surface area contributed by atoms with Gasteiger partial charge in [-0.2, -0.15) is 5.10 Å². The molecule has 3 N–H and O–H groups in total. The molecule has 0 saturated heterocycles. The van der Waals surface area contributed by atoms with E-state index in [2.05, 4.69) is 26.0 Å². The predicted molar refractivity (Wildman–Crippen MR) is 99.5 cm³/mol. The second-order valence-electron chi connectivity index (χ2n) is 4.99. The van der Waals surface area contributed by atoms with E-state index in [4.69, 9.17) is 0 Å². The fourth-order valence-electron chi connectivity index (χ4n) is 1.67. The predicted octanol–water partition coefficient (Wildman–Crippen LogP) is 0.828. The normalized spacial score (nSPS) is 11.0. The maximum atomic E-state index is 11.4. The minimum atomic E-state index is 0. The molecule has 1 heterocycles. The van der Waals surface area contributed by atoms with Gasteiger partial charge in [-0.1, -0.05) is 13.8 Å². The summed E-state index contributed by atoms with van der Waals surface area (Å²) in [6.45, 7) is 6.69. The molecule has 1 aromatic heterocycles. The smallest absolute Gasteiger partial charge is 0.222 e. The van der Waals surface area contributed by atoms with Gasteiger partial charge < -0.3 is 16.0 Å². The van der Waals surface area contributed by atoms with Crippen molar-refractivity contribution in [1.82, 2.24) is 25.7 Å². The molecule has 0 aromatic carbocycles. The fraction of sp³-hybridized carbons (Fsp3) is 0.643. The number of aliphatic imine (C=N–C) groups is 1. The van der Waals surface area contributed by atoms with Crippen molar-refractivity contribution >= 4 is 35.8 Å². The molecule has 1 aromatic rings. The molecule has 1 amide bonds. The molecule has 0 spiro atoms. The van der Waals surface area contributed by atoms with E-state index in [1.54, 1.807) is 13.2 Å². The lowest BCUT2D eigenvalue weighted by atomic mass is 10.2. The molecule has 0 saturated carbocycles. The van der Waals surface area contributed by atoms with Crippen molar-refractivity contribution in [2.24, 2.45) is 10.9 Å². The molecule has 0 aliphatic carbocycles. The van der Waals surface area contributed by atoms with E-state index in [-0.39, 0.29) is 35.8 Å². The van der Waals surface area contributed by atoms with Gasteiger partial charge in [0.1, 0.15) is 0 Å². The molecule has 0 atom stereocenters. The largest absolute Gasteiger partial charge is 0.356 e. The first-order valence-corrected chi connectivity index (χ1v) is 7.33. The van der Waals surface area contributed by atoms with Crippen molar-refractivity contribution in [2.45, 2.75) is 26.8 Å². The van der Waals surface area contributed by atoms with Gasteiger partial charge in [0.25, 0.3) is 0 Å². The number of carbonyl (C=O) groups is 1. The molecule has 8 heteroatoms. The maximum Gasteiger partial charge on any atom is 0.222 e. The molecule has 0 fully saturated rings. The molecular formula is C14H27IN6O. The highest BCUT2D eigenvalue weighted by atomic mass is 127. The third-order valence-electron chi connectivity index (χ3n) is 2.88. The molecule has 126 valence electrons. The first-order chi connectivity index (χ1) is 10.1. The van der Waals surface area contributed by atoms with Crippen LogP contribution in [0.5, 0.6) is 0 Å². The highest BCUT2D eigenvalue weighted by molar-refractivity contribution is 14.0. The fourth-order valence-corrected chi connectivity index (χ4v) is 1.67. The Hall–Kier alpha value is -1.32. The molecule has 7 nitrogen and oxygen atoms in total. The van der Waals surface area contributed by atoms with Gasteiger partial charge in [0.15, 0.2) is 5.96 Å². The van der Waals surface area contributed by atoms with Crippen LogP contribution in [0.4, 0.5) is 0 Å². The molecule has 0 unspecified atom stereocenters. The minimum Gasteiger partial charge on any atom is -0.356 e. The molecule has 1 rings (SSSR count). The molecule has 0 radical (unpaired) electrons. The number of amides is 1. The van der Waals surface area contributed by atoms with Gasteiger partial charge in [0.05, 0.1) is 0 Å². The van der Waals surface area contributed by atoms with Gasteiger partial charge >= 0.3 is 0 Å². The summed E-state index contributed by atoms with van der Waals surface area (Å²) in [5.74, 6) is 0.831. The highest BCUT2D eigenvalue weighted by Gasteiger charge is 2.05. The summed E-state index contributed by atoms with van der Waals surface area (Å²) in [4.78, 5) is 15.5. The van der Waals surface area contributed by atoms with Crippen molar-refractivity contribution in [1.29, 1.82) is 0 Å². The SMILES string of the molecule is CN=C(NCCCn1cccn1)NCCNC(=O)C(C)C.I. The van der Waals surface area contributed by atoms with Crippen LogP contribution >= 0.6 is 24.0 Å². The van der Waals surface area contributed by atoms with Crippen LogP contribution in [0, 0.1) is 5.92 Å². The van der Waals surface area contributed by atoms with Crippen molar-refractivity contribution in [3.63, 3.8) is 0 Å². The van der Waals surface area contributed by atoms with Crippen LogP contribution in [0.2, 0.25) is 0 Å². The summed E-state index contributed by atoms with van der Waals surface area (Å²) in [6.07, 6.45) is 4.69. The number of aryl methyl sites for hydroxylation is 1. The standard InChI is InChI=1S/C14H26N6O.HI/c1-12(2)13(21)16-8-9-18-14(15-3)17-6-4-10-20-11-5-7-19-20;/h5,7,11-12H,4,6,8-10H2,1-3H3,(H,16,21)(H2,15,17,18);1H. The Balaban J connectivity index is 0.00000441. The third-order valence-corrected chi connectivity index (χ3v) is 2.88. The number of hydrogen-bond donors (Lipinski definition) is 3. The second-order valence-corrected chi connectivity index (χ2v) is 4.99. The number of halogens is 1. The Morgan fingerprint density at radius 2 is 1.91 bits per heavy atom. The molecule has 0 aliphatic heterocycles. The quantitative estimate of drug-likeness (QED) is 0.251. The molecule has 0 bridgehead atoms. The zero-order valence-electron chi connectivity index (χ0n) is 13.5. The zero-order chi connectivity index (χ0) is 15.5. The number of rotatable bonds is 8. The van der Waals surface area contributed by atoms with Crippen LogP contribution in [0.15, 0.2) is 23.5 Å². The van der Waals surface area contributed by atoms with E-state index < -0.39 is 0 Å². The summed E-state index contributed by atoms with van der Waals surface area (Å²) < 4.78 is 1.90. The number of nitrogens with zero attached hydrogens (tertiary/aromatic N) is 3. The van der Waals surface area contributed by atoms with E-state index in [0.29, 0.717) is 13.1 Å². The molecular weight excluding hydrogens is 395 g/mol. The maximum absolute atomic E-state index is 11.4. The lowest BCUT2D eigenvalue weighted by molar-refractivity contribution is -0.123. The van der Waals surface area contributed by atoms with Crippen LogP contribution < -0.4 is 16.0 Å². The van der Waals surface area contributed by atoms with Gasteiger partial charge in [-0.15, -0.1) is 24.0 Å². The van der Waals surface area contributed by atoms with Crippen molar-refractivity contribution < 1.29 is 4.79 Å². The Labute approximate surface area is 149 Å². The van der Waals surface area contributed by atoms with Gasteiger partial charge in [0.2, 0.25) is 5.91 Å². The molecule has 22 heavy (non-hydrogen) atoms. The Kier molecular flexibility index (Phi) is 11.5. The first kappa shape index (κ1) is 20.7. The topological polar surface area (TPSA) is 83.3 Å². The number of hydrogen-bond acceptors (Lipinski definition) is 3. The van der Waals surface area contributed by atoms with E-state index >= 15 is 0 Å². The monoisotopic (exact) mass is 422 g/mol. The van der Waals surface area contributed by atoms with Crippen molar-refractivity contribution in [3.05, 3.63) is 18.5 Å². The van der Waals surface area contributed by atoms with Gasteiger partial charge in [0, 0.05) is 51.5 Å². The lowest BCUT2D eigenvalue weighted by Crippen LogP contribution is -2.42. The highest BCUT2D eigenvalue weighted by Crippen LogP contribution is 1.89. The van der Waals surface area contributed by atoms with Crippen molar-refractivity contribution in [2.75, 3.05) is 26.7 Å². The van der Waals surface area contributed by atoms with Crippen LogP contribution in [-0.4, -0.2) is 48.3 Å². The van der Waals surface area contributed by atoms with E-state index in [1.807, 2.05) is 30.8 Å². The van der Waals surface area contributed by atoms with Crippen LogP contribution in [0.1, 0.15) is 20.3 Å². The number of guanidine groups is 1. The number of carbonyl (C=O) groups excluding carboxylic acids is 1. The Bertz CT molecular complexity index is 433. The lowest BCUT2D eigenvalue weighted by Gasteiger charge is -2.13. The minimum absolute atomic E-state index is 0. The second kappa shape index (κ2) is 12.2. The van der Waals surface area contributed by atoms with Gasteiger partial charge in [-0.3, -0.25) is 14.5 Å². The van der Waals surface area contributed by atoms with E-state index in [9.17, 15) is 4.79 Å². The Morgan fingerprint density at radius 3 is 2.50 bits per heavy atom. The number of nitrogens with one attached hydrogen (secondary N) is 3. The third kappa shape index (κ3) is 8.85. The van der Waals surface area contributed by atoms with Crippen molar-refractivity contribution in [3.8, 4) is 0 Å². The number of aromatic nitrogens is 2. The van der Waals surface area contributed by atoms with Gasteiger partial charge in [-0.05, 0) is 12.5 Å². The van der Waals surface area contributed by atoms with E-state index in [0.717, 1.165) is 25.5 Å². The Morgan fingerprint density at radius 1 is 1.23 bits per heavy atom. The summed E-state index contributed by atoms with van der Waals surface area (Å²) in [5, 5.41) is 13.4. The van der Waals surface area contributed by atoms with Crippen LogP contribution in [0.3, 0.4) is 0 Å². The van der Waals surface area contributed by atoms with E-state index in [1.165, 1.54) is 0 Å². The average molecular weight is 422 g/mol. The molecule has 0 aliphatic rings. The summed E-state index contributed by atoms with van der Waals surface area (Å²) in [7, 11) is 1.73. The first-order valence-electron chi connectivity index (χ1n) is 7.33.